The van der Waals surface area contributed by atoms with Crippen molar-refractivity contribution in [1.29, 1.82) is 0 Å². The van der Waals surface area contributed by atoms with E-state index < -0.39 is 16.0 Å². The summed E-state index contributed by atoms with van der Waals surface area (Å²) < 4.78 is 26.6. The van der Waals surface area contributed by atoms with E-state index in [0.717, 1.165) is 17.9 Å². The molecule has 3 N–H and O–H groups in total. The maximum absolute atomic E-state index is 12.0. The number of rotatable bonds is 8. The molecule has 1 aliphatic carbocycles. The van der Waals surface area contributed by atoms with Gasteiger partial charge in [0.1, 0.15) is 9.09 Å². The molecule has 1 aliphatic rings. The standard InChI is InChI=1S/C12H18N2O4S2/c1-8-7-10(19-11(8)12(15)16)20(17,18)14-6-2-5-13-9-3-4-9/h7,9,13-14H,2-6H2,1H3,(H,15,16). The maximum Gasteiger partial charge on any atom is 0.346 e. The third-order valence-electron chi connectivity index (χ3n) is 3.01. The highest BCUT2D eigenvalue weighted by molar-refractivity contribution is 7.91. The summed E-state index contributed by atoms with van der Waals surface area (Å²) in [4.78, 5) is 11.0. The van der Waals surface area contributed by atoms with E-state index in [2.05, 4.69) is 10.0 Å². The summed E-state index contributed by atoms with van der Waals surface area (Å²) in [6.45, 7) is 2.73. The topological polar surface area (TPSA) is 95.5 Å². The second kappa shape index (κ2) is 6.21. The Hall–Kier alpha value is -0.960. The molecular weight excluding hydrogens is 300 g/mol. The molecule has 0 radical (unpaired) electrons. The molecule has 0 amide bonds. The van der Waals surface area contributed by atoms with Gasteiger partial charge in [0.15, 0.2) is 0 Å². The van der Waals surface area contributed by atoms with Crippen LogP contribution in [0.15, 0.2) is 10.3 Å². The van der Waals surface area contributed by atoms with Gasteiger partial charge >= 0.3 is 5.97 Å². The van der Waals surface area contributed by atoms with Gasteiger partial charge in [0.05, 0.1) is 0 Å². The summed E-state index contributed by atoms with van der Waals surface area (Å²) >= 11 is 0.788. The van der Waals surface area contributed by atoms with E-state index in [-0.39, 0.29) is 9.09 Å². The molecule has 1 fully saturated rings. The summed E-state index contributed by atoms with van der Waals surface area (Å²) in [5.41, 5.74) is 0.471. The highest BCUT2D eigenvalue weighted by Crippen LogP contribution is 2.25. The largest absolute Gasteiger partial charge is 0.477 e. The van der Waals surface area contributed by atoms with Gasteiger partial charge in [-0.05, 0) is 44.4 Å². The fraction of sp³-hybridized carbons (Fsp3) is 0.583. The third-order valence-corrected chi connectivity index (χ3v) is 6.17. The number of aryl methyl sites for hydroxylation is 1. The Labute approximate surface area is 122 Å². The quantitative estimate of drug-likeness (QED) is 0.626. The molecule has 0 aliphatic heterocycles. The van der Waals surface area contributed by atoms with Crippen LogP contribution >= 0.6 is 11.3 Å². The molecule has 0 aromatic carbocycles. The lowest BCUT2D eigenvalue weighted by atomic mass is 10.3. The molecule has 2 rings (SSSR count). The average molecular weight is 318 g/mol. The Bertz CT molecular complexity index is 591. The van der Waals surface area contributed by atoms with Crippen molar-refractivity contribution < 1.29 is 18.3 Å². The molecule has 0 unspecified atom stereocenters. The molecule has 0 atom stereocenters. The van der Waals surface area contributed by atoms with E-state index in [0.29, 0.717) is 24.6 Å². The van der Waals surface area contributed by atoms with Crippen LogP contribution in [0, 0.1) is 6.92 Å². The van der Waals surface area contributed by atoms with Crippen LogP contribution in [0.25, 0.3) is 0 Å². The first-order valence-electron chi connectivity index (χ1n) is 6.47. The van der Waals surface area contributed by atoms with Gasteiger partial charge in [0.25, 0.3) is 0 Å². The van der Waals surface area contributed by atoms with Crippen LogP contribution in [-0.4, -0.2) is 38.6 Å². The lowest BCUT2D eigenvalue weighted by molar-refractivity contribution is 0.0701. The smallest absolute Gasteiger partial charge is 0.346 e. The monoisotopic (exact) mass is 318 g/mol. The van der Waals surface area contributed by atoms with Crippen LogP contribution in [0.5, 0.6) is 0 Å². The average Bonchev–Trinajstić information content (AvgIpc) is 3.09. The second-order valence-corrected chi connectivity index (χ2v) is 7.91. The van der Waals surface area contributed by atoms with E-state index in [9.17, 15) is 13.2 Å². The van der Waals surface area contributed by atoms with Gasteiger partial charge in [-0.2, -0.15) is 0 Å². The number of aromatic carboxylic acids is 1. The van der Waals surface area contributed by atoms with Crippen molar-refractivity contribution in [2.45, 2.75) is 36.4 Å². The van der Waals surface area contributed by atoms with Gasteiger partial charge in [-0.1, -0.05) is 0 Å². The number of carboxylic acids is 1. The van der Waals surface area contributed by atoms with Crippen molar-refractivity contribution in [3.05, 3.63) is 16.5 Å². The molecule has 0 saturated heterocycles. The Morgan fingerprint density at radius 3 is 2.70 bits per heavy atom. The predicted octanol–water partition coefficient (Wildman–Crippen LogP) is 1.18. The fourth-order valence-electron chi connectivity index (χ4n) is 1.76. The van der Waals surface area contributed by atoms with Gasteiger partial charge in [-0.25, -0.2) is 17.9 Å². The van der Waals surface area contributed by atoms with Crippen LogP contribution < -0.4 is 10.0 Å². The Morgan fingerprint density at radius 2 is 2.15 bits per heavy atom. The molecule has 0 bridgehead atoms. The van der Waals surface area contributed by atoms with Crippen molar-refractivity contribution in [2.24, 2.45) is 0 Å². The van der Waals surface area contributed by atoms with Crippen LogP contribution in [-0.2, 0) is 10.0 Å². The summed E-state index contributed by atoms with van der Waals surface area (Å²) in [6.07, 6.45) is 3.13. The molecule has 20 heavy (non-hydrogen) atoms. The highest BCUT2D eigenvalue weighted by atomic mass is 32.2. The van der Waals surface area contributed by atoms with E-state index in [4.69, 9.17) is 5.11 Å². The van der Waals surface area contributed by atoms with E-state index in [1.54, 1.807) is 6.92 Å². The Balaban J connectivity index is 1.88. The zero-order valence-corrected chi connectivity index (χ0v) is 12.8. The molecular formula is C12H18N2O4S2. The molecule has 8 heteroatoms. The minimum Gasteiger partial charge on any atom is -0.477 e. The fourth-order valence-corrected chi connectivity index (χ4v) is 4.25. The van der Waals surface area contributed by atoms with Crippen LogP contribution in [0.2, 0.25) is 0 Å². The normalized spacial score (nSPS) is 15.4. The van der Waals surface area contributed by atoms with Gasteiger partial charge in [0, 0.05) is 12.6 Å². The van der Waals surface area contributed by atoms with Crippen LogP contribution in [0.3, 0.4) is 0 Å². The minimum absolute atomic E-state index is 0.0579. The van der Waals surface area contributed by atoms with Crippen molar-refractivity contribution in [3.63, 3.8) is 0 Å². The van der Waals surface area contributed by atoms with Crippen molar-refractivity contribution in [3.8, 4) is 0 Å². The molecule has 112 valence electrons. The molecule has 1 heterocycles. The van der Waals surface area contributed by atoms with Gasteiger partial charge in [0.2, 0.25) is 10.0 Å². The van der Waals surface area contributed by atoms with Crippen molar-refractivity contribution in [2.75, 3.05) is 13.1 Å². The lowest BCUT2D eigenvalue weighted by Gasteiger charge is -2.05. The van der Waals surface area contributed by atoms with Crippen molar-refractivity contribution >= 4 is 27.3 Å². The maximum atomic E-state index is 12.0. The molecule has 0 spiro atoms. The van der Waals surface area contributed by atoms with Gasteiger partial charge < -0.3 is 10.4 Å². The van der Waals surface area contributed by atoms with Gasteiger partial charge in [-0.15, -0.1) is 11.3 Å². The summed E-state index contributed by atoms with van der Waals surface area (Å²) in [5, 5.41) is 12.2. The number of hydrogen-bond donors (Lipinski definition) is 3. The molecule has 6 nitrogen and oxygen atoms in total. The number of hydrogen-bond acceptors (Lipinski definition) is 5. The van der Waals surface area contributed by atoms with E-state index in [1.807, 2.05) is 0 Å². The molecule has 1 saturated carbocycles. The predicted molar refractivity (Wildman–Crippen MR) is 76.8 cm³/mol. The Morgan fingerprint density at radius 1 is 1.45 bits per heavy atom. The van der Waals surface area contributed by atoms with Crippen molar-refractivity contribution in [1.82, 2.24) is 10.0 Å². The summed E-state index contributed by atoms with van der Waals surface area (Å²) in [5.74, 6) is -1.09. The highest BCUT2D eigenvalue weighted by Gasteiger charge is 2.22. The first-order valence-corrected chi connectivity index (χ1v) is 8.77. The number of sulfonamides is 1. The zero-order chi connectivity index (χ0) is 14.8. The minimum atomic E-state index is -3.60. The molecule has 1 aromatic rings. The van der Waals surface area contributed by atoms with Crippen LogP contribution in [0.1, 0.15) is 34.5 Å². The first kappa shape index (κ1) is 15.4. The Kier molecular flexibility index (Phi) is 4.79. The summed E-state index contributed by atoms with van der Waals surface area (Å²) in [6, 6.07) is 2.02. The zero-order valence-electron chi connectivity index (χ0n) is 11.2. The SMILES string of the molecule is Cc1cc(S(=O)(=O)NCCCNC2CC2)sc1C(=O)O. The van der Waals surface area contributed by atoms with Crippen LogP contribution in [0.4, 0.5) is 0 Å². The summed E-state index contributed by atoms with van der Waals surface area (Å²) in [7, 11) is -3.60. The van der Waals surface area contributed by atoms with Gasteiger partial charge in [-0.3, -0.25) is 0 Å². The van der Waals surface area contributed by atoms with E-state index >= 15 is 0 Å². The first-order chi connectivity index (χ1) is 9.40. The number of nitrogens with one attached hydrogen (secondary N) is 2. The number of carboxylic acid groups (broad SMARTS) is 1. The lowest BCUT2D eigenvalue weighted by Crippen LogP contribution is -2.27. The van der Waals surface area contributed by atoms with E-state index in [1.165, 1.54) is 18.9 Å². The second-order valence-electron chi connectivity index (χ2n) is 4.86. The number of thiophene rings is 1. The third kappa shape index (κ3) is 4.02. The number of carbonyl (C=O) groups is 1. The molecule has 1 aromatic heterocycles.